The molecular weight excluding hydrogens is 960 g/mol. The van der Waals surface area contributed by atoms with Gasteiger partial charge in [-0.1, -0.05) is 328 Å². The van der Waals surface area contributed by atoms with E-state index in [2.05, 4.69) is 31.3 Å². The van der Waals surface area contributed by atoms with E-state index >= 15 is 0 Å². The molecule has 3 unspecified atom stereocenters. The molecule has 0 saturated carbocycles. The summed E-state index contributed by atoms with van der Waals surface area (Å²) in [5.41, 5.74) is 0. The van der Waals surface area contributed by atoms with Gasteiger partial charge in [-0.3, -0.25) is 9.36 Å². The Morgan fingerprint density at radius 3 is 1.03 bits per heavy atom. The summed E-state index contributed by atoms with van der Waals surface area (Å²) in [7, 11) is 1.33. The van der Waals surface area contributed by atoms with Crippen molar-refractivity contribution >= 4 is 13.7 Å². The van der Waals surface area contributed by atoms with Crippen LogP contribution in [0.4, 0.5) is 0 Å². The topological polar surface area (TPSA) is 108 Å². The van der Waals surface area contributed by atoms with E-state index in [-0.39, 0.29) is 19.1 Å². The largest absolute Gasteiger partial charge is 0.756 e. The third-order valence-corrected chi connectivity index (χ3v) is 17.0. The number of carbonyl (C=O) groups is 1. The van der Waals surface area contributed by atoms with Crippen molar-refractivity contribution in [2.45, 2.75) is 373 Å². The maximum Gasteiger partial charge on any atom is 0.268 e. The lowest BCUT2D eigenvalue weighted by atomic mass is 10.0. The number of nitrogens with zero attached hydrogens (tertiary/aromatic N) is 1. The van der Waals surface area contributed by atoms with Crippen molar-refractivity contribution < 1.29 is 32.9 Å². The number of nitrogens with one attached hydrogen (secondary N) is 1. The van der Waals surface area contributed by atoms with Crippen molar-refractivity contribution in [1.82, 2.24) is 5.32 Å². The number of rotatable bonds is 64. The molecule has 0 aromatic rings. The number of amides is 1. The Balaban J connectivity index is 4.00. The molecule has 76 heavy (non-hydrogen) atoms. The maximum absolute atomic E-state index is 13.0. The van der Waals surface area contributed by atoms with Crippen LogP contribution < -0.4 is 10.2 Å². The zero-order chi connectivity index (χ0) is 55.6. The summed E-state index contributed by atoms with van der Waals surface area (Å²) in [5.74, 6) is -0.155. The molecule has 0 aliphatic carbocycles. The van der Waals surface area contributed by atoms with Gasteiger partial charge in [0.1, 0.15) is 13.2 Å². The number of phosphoric ester groups is 1. The maximum atomic E-state index is 13.0. The van der Waals surface area contributed by atoms with Crippen LogP contribution >= 0.6 is 7.82 Å². The number of unbranched alkanes of at least 4 members (excludes halogenated alkanes) is 49. The quantitative estimate of drug-likeness (QED) is 0.0272. The monoisotopic (exact) mass is 1100 g/mol. The first-order chi connectivity index (χ1) is 37.0. The first-order valence-corrected chi connectivity index (χ1v) is 35.5. The van der Waals surface area contributed by atoms with Crippen molar-refractivity contribution in [2.75, 3.05) is 40.9 Å². The Hall–Kier alpha value is -0.760. The van der Waals surface area contributed by atoms with Crippen LogP contribution in [0.15, 0.2) is 12.2 Å². The van der Waals surface area contributed by atoms with Crippen LogP contribution in [0.25, 0.3) is 0 Å². The lowest BCUT2D eigenvalue weighted by Gasteiger charge is -2.30. The Labute approximate surface area is 475 Å². The van der Waals surface area contributed by atoms with Gasteiger partial charge >= 0.3 is 0 Å². The molecule has 0 aliphatic rings. The third kappa shape index (κ3) is 60.9. The Bertz CT molecular complexity index is 1240. The summed E-state index contributed by atoms with van der Waals surface area (Å²) in [6.07, 6.45) is 74.2. The van der Waals surface area contributed by atoms with Gasteiger partial charge in [0, 0.05) is 6.42 Å². The fourth-order valence-electron chi connectivity index (χ4n) is 10.7. The number of hydrogen-bond acceptors (Lipinski definition) is 6. The molecular formula is C67H135N2O6P. The Morgan fingerprint density at radius 2 is 0.724 bits per heavy atom. The van der Waals surface area contributed by atoms with Gasteiger partial charge in [0.15, 0.2) is 0 Å². The summed E-state index contributed by atoms with van der Waals surface area (Å²) in [4.78, 5) is 25.6. The van der Waals surface area contributed by atoms with E-state index in [9.17, 15) is 19.4 Å². The molecule has 0 saturated heterocycles. The number of likely N-dealkylation sites (N-methyl/N-ethyl adjacent to an activating group) is 1. The van der Waals surface area contributed by atoms with E-state index in [1.807, 2.05) is 21.1 Å². The fraction of sp³-hybridized carbons (Fsp3) is 0.955. The highest BCUT2D eigenvalue weighted by molar-refractivity contribution is 7.45. The zero-order valence-electron chi connectivity index (χ0n) is 52.0. The first kappa shape index (κ1) is 75.2. The van der Waals surface area contributed by atoms with Gasteiger partial charge in [0.2, 0.25) is 5.91 Å². The van der Waals surface area contributed by atoms with E-state index in [0.29, 0.717) is 23.9 Å². The predicted octanol–water partition coefficient (Wildman–Crippen LogP) is 20.7. The number of carbonyl (C=O) groups excluding carboxylic acids is 1. The van der Waals surface area contributed by atoms with Crippen molar-refractivity contribution in [3.63, 3.8) is 0 Å². The van der Waals surface area contributed by atoms with E-state index in [4.69, 9.17) is 9.05 Å². The van der Waals surface area contributed by atoms with Gasteiger partial charge in [0.25, 0.3) is 7.82 Å². The Kier molecular flexibility index (Phi) is 58.3. The molecule has 0 aliphatic heterocycles. The van der Waals surface area contributed by atoms with Crippen LogP contribution in [0.5, 0.6) is 0 Å². The van der Waals surface area contributed by atoms with E-state index in [1.165, 1.54) is 295 Å². The molecule has 0 heterocycles. The average molecular weight is 1100 g/mol. The molecule has 0 aromatic heterocycles. The second kappa shape index (κ2) is 58.9. The summed E-state index contributed by atoms with van der Waals surface area (Å²) >= 11 is 0. The normalized spacial score (nSPS) is 13.7. The number of aliphatic hydroxyl groups is 1. The zero-order valence-corrected chi connectivity index (χ0v) is 52.9. The van der Waals surface area contributed by atoms with Crippen molar-refractivity contribution in [2.24, 2.45) is 0 Å². The number of phosphoric acid groups is 1. The summed E-state index contributed by atoms with van der Waals surface area (Å²) in [5, 5.41) is 14.1. The molecule has 3 atom stereocenters. The van der Waals surface area contributed by atoms with Crippen LogP contribution in [-0.4, -0.2) is 68.5 Å². The standard InChI is InChI=1S/C67H135N2O6P/c1-6-8-10-12-14-16-18-20-22-24-26-28-30-31-32-33-34-35-36-37-39-41-43-45-47-49-51-53-55-57-59-61-67(71)68-65(64-75-76(72,73)74-63-62-69(3,4)5)66(70)60-58-56-54-52-50-48-46-44-42-40-38-29-27-25-23-21-19-17-15-13-11-9-7-2/h24,26,65-66,70H,6-23,25,27-64H2,1-5H3,(H-,68,71,72,73)/b26-24-. The molecule has 0 spiro atoms. The second-order valence-corrected chi connectivity index (χ2v) is 26.3. The molecule has 8 nitrogen and oxygen atoms in total. The van der Waals surface area contributed by atoms with Gasteiger partial charge in [-0.15, -0.1) is 0 Å². The molecule has 0 aromatic carbocycles. The van der Waals surface area contributed by atoms with Crippen molar-refractivity contribution in [3.8, 4) is 0 Å². The molecule has 2 N–H and O–H groups in total. The van der Waals surface area contributed by atoms with E-state index < -0.39 is 20.0 Å². The van der Waals surface area contributed by atoms with Crippen LogP contribution in [0.1, 0.15) is 361 Å². The first-order valence-electron chi connectivity index (χ1n) is 34.0. The van der Waals surface area contributed by atoms with Crippen LogP contribution in [0.2, 0.25) is 0 Å². The number of allylic oxidation sites excluding steroid dienone is 2. The number of aliphatic hydroxyl groups excluding tert-OH is 1. The van der Waals surface area contributed by atoms with Crippen LogP contribution in [0.3, 0.4) is 0 Å². The molecule has 0 fully saturated rings. The molecule has 0 rings (SSSR count). The van der Waals surface area contributed by atoms with Gasteiger partial charge < -0.3 is 28.8 Å². The molecule has 454 valence electrons. The SMILES string of the molecule is CCCCCCCCCC/C=C\CCCCCCCCCCCCCCCCCCCCCC(=O)NC(COP(=O)([O-])OCC[N+](C)(C)C)C(O)CCCCCCCCCCCCCCCCCCCCCCCCC. The highest BCUT2D eigenvalue weighted by Crippen LogP contribution is 2.38. The smallest absolute Gasteiger partial charge is 0.268 e. The third-order valence-electron chi connectivity index (χ3n) is 16.0. The number of quaternary nitrogens is 1. The second-order valence-electron chi connectivity index (χ2n) is 24.9. The van der Waals surface area contributed by atoms with Crippen LogP contribution in [-0.2, 0) is 18.4 Å². The van der Waals surface area contributed by atoms with E-state index in [1.54, 1.807) is 0 Å². The summed E-state index contributed by atoms with van der Waals surface area (Å²) < 4.78 is 23.5. The fourth-order valence-corrected chi connectivity index (χ4v) is 11.4. The van der Waals surface area contributed by atoms with Gasteiger partial charge in [0.05, 0.1) is 39.9 Å². The van der Waals surface area contributed by atoms with Crippen molar-refractivity contribution in [1.29, 1.82) is 0 Å². The predicted molar refractivity (Wildman–Crippen MR) is 330 cm³/mol. The molecule has 0 radical (unpaired) electrons. The lowest BCUT2D eigenvalue weighted by Crippen LogP contribution is -2.46. The summed E-state index contributed by atoms with van der Waals surface area (Å²) in [6, 6.07) is -0.798. The average Bonchev–Trinajstić information content (AvgIpc) is 3.38. The molecule has 0 bridgehead atoms. The molecule has 1 amide bonds. The van der Waals surface area contributed by atoms with Crippen LogP contribution in [0, 0.1) is 0 Å². The van der Waals surface area contributed by atoms with E-state index in [0.717, 1.165) is 38.5 Å². The summed E-state index contributed by atoms with van der Waals surface area (Å²) in [6.45, 7) is 4.79. The van der Waals surface area contributed by atoms with Crippen molar-refractivity contribution in [3.05, 3.63) is 12.2 Å². The highest BCUT2D eigenvalue weighted by Gasteiger charge is 2.24. The Morgan fingerprint density at radius 1 is 0.447 bits per heavy atom. The van der Waals surface area contributed by atoms with Gasteiger partial charge in [-0.05, 0) is 38.5 Å². The minimum Gasteiger partial charge on any atom is -0.756 e. The number of hydrogen-bond donors (Lipinski definition) is 2. The highest BCUT2D eigenvalue weighted by atomic mass is 31.2. The minimum atomic E-state index is -4.57. The lowest BCUT2D eigenvalue weighted by molar-refractivity contribution is -0.870. The molecule has 9 heteroatoms. The minimum absolute atomic E-state index is 0.0159. The van der Waals surface area contributed by atoms with Gasteiger partial charge in [-0.2, -0.15) is 0 Å². The van der Waals surface area contributed by atoms with Gasteiger partial charge in [-0.25, -0.2) is 0 Å².